The van der Waals surface area contributed by atoms with Gasteiger partial charge in [0, 0.05) is 89.6 Å². The van der Waals surface area contributed by atoms with E-state index >= 15 is 0 Å². The van der Waals surface area contributed by atoms with Gasteiger partial charge in [-0.25, -0.2) is 0 Å². The Balaban J connectivity index is 0.000000107. The maximum Gasteiger partial charge on any atom is 0.246 e. The average molecular weight is 1470 g/mol. The molecule has 22 nitrogen and oxygen atoms in total. The number of aliphatic hydroxyl groups is 1. The number of amides is 4. The number of aryl methyl sites for hydroxylation is 3. The Labute approximate surface area is 630 Å². The van der Waals surface area contributed by atoms with Gasteiger partial charge in [-0.2, -0.15) is 0 Å². The Morgan fingerprint density at radius 1 is 0.413 bits per heavy atom. The molecule has 1 aromatic heterocycles. The number of pyridine rings is 1. The third-order valence-electron chi connectivity index (χ3n) is 22.1. The molecule has 0 saturated carbocycles. The number of likely N-dealkylation sites (N-methyl/N-ethyl adjacent to an activating group) is 2. The SMILES string of the molecule is C.CCc1ccccc1C.CN1C(=O)[C@@]2(COc3cc4c(cc32)OCCO4)c2ccccc21.CN1C(=O)[C@](CO)(c2cc3c(cc2O)OCCO3)c2ccccc21.Cc1cccnc1CN1C(=O)[C@@]2(COc3cc4c(cc32)OCCO4)c2ccccc21.O=C1Nc2ccccc2[C@]12COc1cc3c(cc12)OCCO3. The molecule has 0 saturated heterocycles. The number of nitrogens with one attached hydrogen (secondary N) is 1. The smallest absolute Gasteiger partial charge is 0.246 e. The van der Waals surface area contributed by atoms with Crippen LogP contribution in [-0.2, 0) is 53.8 Å². The van der Waals surface area contributed by atoms with Crippen molar-refractivity contribution in [1.29, 1.82) is 0 Å². The molecular weight excluding hydrogens is 1390 g/mol. The quantitative estimate of drug-likeness (QED) is 0.145. The Morgan fingerprint density at radius 2 is 0.817 bits per heavy atom. The molecule has 0 bridgehead atoms. The molecule has 12 heterocycles. The maximum atomic E-state index is 14.0. The molecule has 556 valence electrons. The lowest BCUT2D eigenvalue weighted by atomic mass is 9.75. The highest BCUT2D eigenvalue weighted by Crippen LogP contribution is 2.59. The number of rotatable bonds is 5. The minimum absolute atomic E-state index is 0. The van der Waals surface area contributed by atoms with Crippen LogP contribution in [-0.4, -0.2) is 132 Å². The van der Waals surface area contributed by atoms with Crippen LogP contribution >= 0.6 is 0 Å². The number of anilines is 4. The number of para-hydroxylation sites is 4. The summed E-state index contributed by atoms with van der Waals surface area (Å²) in [5.41, 5.74) is 10.8. The van der Waals surface area contributed by atoms with Gasteiger partial charge in [0.15, 0.2) is 46.0 Å². The van der Waals surface area contributed by atoms with Gasteiger partial charge in [0.1, 0.15) is 117 Å². The number of aromatic nitrogens is 1. The molecule has 4 atom stereocenters. The van der Waals surface area contributed by atoms with Gasteiger partial charge >= 0.3 is 0 Å². The first-order valence-electron chi connectivity index (χ1n) is 36.1. The molecule has 0 unspecified atom stereocenters. The number of nitrogens with zero attached hydrogens (tertiary/aromatic N) is 4. The lowest BCUT2D eigenvalue weighted by molar-refractivity contribution is -0.123. The van der Waals surface area contributed by atoms with Gasteiger partial charge in [0.2, 0.25) is 23.6 Å². The van der Waals surface area contributed by atoms with Crippen LogP contribution in [0.15, 0.2) is 188 Å². The third kappa shape index (κ3) is 11.3. The number of hydrogen-bond acceptors (Lipinski definition) is 18. The van der Waals surface area contributed by atoms with Crippen molar-refractivity contribution in [2.75, 3.05) is 113 Å². The molecule has 3 N–H and O–H groups in total. The van der Waals surface area contributed by atoms with E-state index in [9.17, 15) is 29.4 Å². The molecule has 11 aliphatic heterocycles. The van der Waals surface area contributed by atoms with Crippen molar-refractivity contribution in [1.82, 2.24) is 4.98 Å². The highest BCUT2D eigenvalue weighted by Gasteiger charge is 2.60. The molecule has 22 heteroatoms. The van der Waals surface area contributed by atoms with Crippen molar-refractivity contribution in [2.24, 2.45) is 0 Å². The van der Waals surface area contributed by atoms with E-state index in [2.05, 4.69) is 48.4 Å². The summed E-state index contributed by atoms with van der Waals surface area (Å²) in [6.45, 7) is 11.1. The molecular formula is C87H81N5O17. The first-order chi connectivity index (χ1) is 52.6. The third-order valence-corrected chi connectivity index (χ3v) is 22.1. The molecule has 109 heavy (non-hydrogen) atoms. The Hall–Kier alpha value is -12.4. The lowest BCUT2D eigenvalue weighted by Crippen LogP contribution is -2.42. The van der Waals surface area contributed by atoms with Gasteiger partial charge in [-0.15, -0.1) is 0 Å². The summed E-state index contributed by atoms with van der Waals surface area (Å²) in [7, 11) is 3.47. The number of aromatic hydroxyl groups is 1. The number of ether oxygens (including phenoxy) is 11. The molecule has 0 fully saturated rings. The fraction of sp³-hybridized carbons (Fsp3) is 0.276. The normalized spacial score (nSPS) is 21.1. The van der Waals surface area contributed by atoms with E-state index in [0.717, 1.165) is 68.1 Å². The second kappa shape index (κ2) is 28.0. The Morgan fingerprint density at radius 3 is 1.33 bits per heavy atom. The lowest BCUT2D eigenvalue weighted by Gasteiger charge is -2.29. The van der Waals surface area contributed by atoms with E-state index in [1.807, 2.05) is 158 Å². The predicted molar refractivity (Wildman–Crippen MR) is 407 cm³/mol. The fourth-order valence-corrected chi connectivity index (χ4v) is 16.6. The predicted octanol–water partition coefficient (Wildman–Crippen LogP) is 12.2. The van der Waals surface area contributed by atoms with Crippen molar-refractivity contribution >= 4 is 46.4 Å². The van der Waals surface area contributed by atoms with Crippen LogP contribution in [0.2, 0.25) is 0 Å². The summed E-state index contributed by atoms with van der Waals surface area (Å²) in [6, 6.07) is 57.5. The zero-order valence-electron chi connectivity index (χ0n) is 60.1. The van der Waals surface area contributed by atoms with E-state index in [4.69, 9.17) is 52.1 Å². The Kier molecular flexibility index (Phi) is 18.2. The van der Waals surface area contributed by atoms with Gasteiger partial charge in [0.05, 0.1) is 18.8 Å². The van der Waals surface area contributed by atoms with Gasteiger partial charge in [0.25, 0.3) is 0 Å². The topological polar surface area (TPSA) is 245 Å². The van der Waals surface area contributed by atoms with E-state index in [-0.39, 0.29) is 43.4 Å². The summed E-state index contributed by atoms with van der Waals surface area (Å²) in [5.74, 6) is 6.59. The van der Waals surface area contributed by atoms with Crippen LogP contribution in [0.3, 0.4) is 0 Å². The van der Waals surface area contributed by atoms with E-state index in [1.54, 1.807) is 30.3 Å². The number of carbonyl (C=O) groups is 4. The minimum Gasteiger partial charge on any atom is -0.507 e. The van der Waals surface area contributed by atoms with Gasteiger partial charge < -0.3 is 82.3 Å². The van der Waals surface area contributed by atoms with Crippen molar-refractivity contribution < 1.29 is 81.5 Å². The largest absolute Gasteiger partial charge is 0.507 e. The first kappa shape index (κ1) is 70.9. The van der Waals surface area contributed by atoms with Crippen LogP contribution in [0.1, 0.15) is 81.2 Å². The van der Waals surface area contributed by atoms with Crippen molar-refractivity contribution in [2.45, 2.75) is 62.8 Å². The molecule has 9 aromatic carbocycles. The first-order valence-corrected chi connectivity index (χ1v) is 36.1. The van der Waals surface area contributed by atoms with Crippen LogP contribution in [0, 0.1) is 13.8 Å². The number of hydrogen-bond donors (Lipinski definition) is 3. The second-order valence-electron chi connectivity index (χ2n) is 27.9. The molecule has 0 radical (unpaired) electrons. The van der Waals surface area contributed by atoms with Crippen molar-refractivity contribution in [3.8, 4) is 69.0 Å². The molecule has 10 aromatic rings. The standard InChI is InChI=1S/C24H20N2O4.C18H17NO5.C18H15NO4.C17H13NO4.C9H12.CH4/c1-15-5-4-8-25-18(15)13-26-19-7-3-2-6-16(19)24(23(26)27)14-30-20-12-22-21(11-17(20)24)28-9-10-29-22;1-19-13-5-3-2-4-11(13)18(10-20,17(19)22)12-8-15-16(9-14(12)21)24-7-6-23-15;1-19-13-5-3-2-4-11(13)18(17(19)20)10-23-14-9-16-15(8-12(14)18)21-6-7-22-16;19-16-17(10-3-1-2-4-12(10)18-16)9-22-13-8-15-14(7-11(13)17)20-5-6-21-15;1-3-9-7-5-4-6-8(9)2;/h2-8,11-12H,9-10,13-14H2,1H3;2-5,8-9,20-21H,6-7,10H2,1H3;2-5,8-9H,6-7,10H2,1H3;1-4,7-8H,5-6,9H2,(H,18,19);4-7H,3H2,1-2H3;1H4/t24-;2*18-;17-;;/m0000../s1. The van der Waals surface area contributed by atoms with Crippen LogP contribution in [0.4, 0.5) is 22.7 Å². The second-order valence-corrected chi connectivity index (χ2v) is 27.9. The highest BCUT2D eigenvalue weighted by molar-refractivity contribution is 6.14. The summed E-state index contributed by atoms with van der Waals surface area (Å²) in [6.07, 6.45) is 2.91. The molecule has 21 rings (SSSR count). The molecule has 11 aliphatic rings. The average Bonchev–Trinajstić information content (AvgIpc) is 2.32. The fourth-order valence-electron chi connectivity index (χ4n) is 16.6. The number of carbonyl (C=O) groups excluding carboxylic acids is 4. The summed E-state index contributed by atoms with van der Waals surface area (Å²) < 4.78 is 62.9. The number of benzene rings is 9. The van der Waals surface area contributed by atoms with Crippen molar-refractivity contribution in [3.63, 3.8) is 0 Å². The molecule has 4 amide bonds. The summed E-state index contributed by atoms with van der Waals surface area (Å²) in [5, 5.41) is 23.7. The minimum atomic E-state index is -1.36. The van der Waals surface area contributed by atoms with Crippen LogP contribution < -0.4 is 72.1 Å². The monoisotopic (exact) mass is 1470 g/mol. The number of aliphatic hydroxyl groups excluding tert-OH is 1. The zero-order chi connectivity index (χ0) is 74.2. The highest BCUT2D eigenvalue weighted by atomic mass is 16.6. The Bertz CT molecular complexity index is 5320. The number of fused-ring (bicyclic) bond motifs is 17. The number of phenolic OH excluding ortho intramolecular Hbond substituents is 1. The molecule has 0 aliphatic carbocycles. The van der Waals surface area contributed by atoms with E-state index in [0.29, 0.717) is 153 Å². The van der Waals surface area contributed by atoms with E-state index in [1.165, 1.54) is 22.1 Å². The van der Waals surface area contributed by atoms with Gasteiger partial charge in [-0.05, 0) is 114 Å². The van der Waals surface area contributed by atoms with Gasteiger partial charge in [-0.1, -0.05) is 117 Å². The van der Waals surface area contributed by atoms with Crippen molar-refractivity contribution in [3.05, 3.63) is 255 Å². The van der Waals surface area contributed by atoms with Crippen LogP contribution in [0.25, 0.3) is 0 Å². The number of phenols is 1. The van der Waals surface area contributed by atoms with Gasteiger partial charge in [-0.3, -0.25) is 24.2 Å². The summed E-state index contributed by atoms with van der Waals surface area (Å²) in [4.78, 5) is 62.4. The zero-order valence-corrected chi connectivity index (χ0v) is 60.1. The van der Waals surface area contributed by atoms with Crippen LogP contribution in [0.5, 0.6) is 69.0 Å². The molecule has 3 spiro atoms. The van der Waals surface area contributed by atoms with E-state index < -0.39 is 28.3 Å². The summed E-state index contributed by atoms with van der Waals surface area (Å²) >= 11 is 0. The maximum absolute atomic E-state index is 14.0.